The van der Waals surface area contributed by atoms with E-state index in [9.17, 15) is 4.79 Å². The molecule has 92 valence electrons. The first-order valence-corrected chi connectivity index (χ1v) is 5.05. The largest absolute Gasteiger partial charge is 0.444 e. The van der Waals surface area contributed by atoms with Gasteiger partial charge in [0, 0.05) is 12.6 Å². The summed E-state index contributed by atoms with van der Waals surface area (Å²) in [4.78, 5) is 11.2. The Bertz CT molecular complexity index is 181. The summed E-state index contributed by atoms with van der Waals surface area (Å²) in [7, 11) is 0. The van der Waals surface area contributed by atoms with Crippen LogP contribution in [0.3, 0.4) is 0 Å². The fourth-order valence-corrected chi connectivity index (χ4v) is 0.971. The van der Waals surface area contributed by atoms with E-state index in [1.807, 2.05) is 34.6 Å². The SMILES string of the molecule is CCN[C@@H](C)CNC(=O)OC(C)(C)C.Cl. The number of nitrogens with one attached hydrogen (secondary N) is 2. The average molecular weight is 239 g/mol. The number of hydrogen-bond acceptors (Lipinski definition) is 3. The van der Waals surface area contributed by atoms with Crippen LogP contribution in [0.25, 0.3) is 0 Å². The van der Waals surface area contributed by atoms with Gasteiger partial charge < -0.3 is 15.4 Å². The molecule has 0 spiro atoms. The van der Waals surface area contributed by atoms with E-state index >= 15 is 0 Å². The Balaban J connectivity index is 0. The van der Waals surface area contributed by atoms with Gasteiger partial charge >= 0.3 is 6.09 Å². The molecule has 0 heterocycles. The van der Waals surface area contributed by atoms with Crippen molar-refractivity contribution >= 4 is 18.5 Å². The zero-order valence-electron chi connectivity index (χ0n) is 10.2. The van der Waals surface area contributed by atoms with Gasteiger partial charge in [0.05, 0.1) is 0 Å². The molecule has 0 saturated heterocycles. The molecule has 0 aliphatic heterocycles. The van der Waals surface area contributed by atoms with Crippen molar-refractivity contribution in [2.75, 3.05) is 13.1 Å². The van der Waals surface area contributed by atoms with Crippen molar-refractivity contribution in [3.8, 4) is 0 Å². The van der Waals surface area contributed by atoms with Crippen LogP contribution < -0.4 is 10.6 Å². The maximum atomic E-state index is 11.2. The summed E-state index contributed by atoms with van der Waals surface area (Å²) in [6.07, 6.45) is -0.359. The van der Waals surface area contributed by atoms with E-state index in [-0.39, 0.29) is 24.5 Å². The molecule has 0 bridgehead atoms. The topological polar surface area (TPSA) is 50.4 Å². The third-order valence-corrected chi connectivity index (χ3v) is 1.50. The molecule has 1 amide bonds. The monoisotopic (exact) mass is 238 g/mol. The smallest absolute Gasteiger partial charge is 0.407 e. The van der Waals surface area contributed by atoms with Gasteiger partial charge in [-0.3, -0.25) is 0 Å². The number of alkyl carbamates (subject to hydrolysis) is 1. The molecule has 4 nitrogen and oxygen atoms in total. The van der Waals surface area contributed by atoms with E-state index in [0.717, 1.165) is 6.54 Å². The highest BCUT2D eigenvalue weighted by Gasteiger charge is 2.15. The zero-order chi connectivity index (χ0) is 11.2. The number of amides is 1. The van der Waals surface area contributed by atoms with Gasteiger partial charge in [0.25, 0.3) is 0 Å². The zero-order valence-corrected chi connectivity index (χ0v) is 11.0. The van der Waals surface area contributed by atoms with Crippen molar-refractivity contribution in [1.29, 1.82) is 0 Å². The van der Waals surface area contributed by atoms with Gasteiger partial charge in [-0.1, -0.05) is 6.92 Å². The van der Waals surface area contributed by atoms with E-state index in [0.29, 0.717) is 6.54 Å². The molecule has 0 aromatic heterocycles. The van der Waals surface area contributed by atoms with Gasteiger partial charge in [-0.25, -0.2) is 4.79 Å². The van der Waals surface area contributed by atoms with Crippen molar-refractivity contribution in [3.05, 3.63) is 0 Å². The van der Waals surface area contributed by atoms with Crippen molar-refractivity contribution in [3.63, 3.8) is 0 Å². The van der Waals surface area contributed by atoms with Crippen LogP contribution >= 0.6 is 12.4 Å². The lowest BCUT2D eigenvalue weighted by molar-refractivity contribution is 0.0523. The molecule has 15 heavy (non-hydrogen) atoms. The highest BCUT2D eigenvalue weighted by Crippen LogP contribution is 2.06. The molecule has 0 aromatic rings. The maximum Gasteiger partial charge on any atom is 0.407 e. The summed E-state index contributed by atoms with van der Waals surface area (Å²) in [5.74, 6) is 0. The molecule has 1 atom stereocenters. The number of likely N-dealkylation sites (N-methyl/N-ethyl adjacent to an activating group) is 1. The predicted molar refractivity (Wildman–Crippen MR) is 64.6 cm³/mol. The van der Waals surface area contributed by atoms with Crippen molar-refractivity contribution in [1.82, 2.24) is 10.6 Å². The first kappa shape index (κ1) is 16.9. The quantitative estimate of drug-likeness (QED) is 0.787. The molecule has 0 rings (SSSR count). The summed E-state index contributed by atoms with van der Waals surface area (Å²) in [5, 5.41) is 5.89. The number of rotatable bonds is 4. The fraction of sp³-hybridized carbons (Fsp3) is 0.900. The van der Waals surface area contributed by atoms with E-state index in [1.165, 1.54) is 0 Å². The number of carbonyl (C=O) groups is 1. The molecule has 0 unspecified atom stereocenters. The van der Waals surface area contributed by atoms with E-state index in [2.05, 4.69) is 10.6 Å². The lowest BCUT2D eigenvalue weighted by atomic mass is 10.2. The Morgan fingerprint density at radius 1 is 1.40 bits per heavy atom. The second kappa shape index (κ2) is 7.77. The minimum atomic E-state index is -0.425. The summed E-state index contributed by atoms with van der Waals surface area (Å²) in [6, 6.07) is 0.271. The van der Waals surface area contributed by atoms with Crippen molar-refractivity contribution in [2.24, 2.45) is 0 Å². The van der Waals surface area contributed by atoms with E-state index in [4.69, 9.17) is 4.74 Å². The van der Waals surface area contributed by atoms with Crippen LogP contribution in [0.5, 0.6) is 0 Å². The number of hydrogen-bond donors (Lipinski definition) is 2. The lowest BCUT2D eigenvalue weighted by Crippen LogP contribution is -2.41. The standard InChI is InChI=1S/C10H22N2O2.ClH/c1-6-11-8(2)7-12-9(13)14-10(3,4)5;/h8,11H,6-7H2,1-5H3,(H,12,13);1H/t8-;/m0./s1. The molecular weight excluding hydrogens is 216 g/mol. The van der Waals surface area contributed by atoms with E-state index in [1.54, 1.807) is 0 Å². The Morgan fingerprint density at radius 2 is 1.93 bits per heavy atom. The van der Waals surface area contributed by atoms with Crippen LogP contribution in [0.4, 0.5) is 4.79 Å². The van der Waals surface area contributed by atoms with Crippen LogP contribution in [-0.2, 0) is 4.74 Å². The molecule has 0 aliphatic carbocycles. The summed E-state index contributed by atoms with van der Waals surface area (Å²) < 4.78 is 5.09. The fourth-order valence-electron chi connectivity index (χ4n) is 0.971. The minimum Gasteiger partial charge on any atom is -0.444 e. The molecular formula is C10H23ClN2O2. The number of ether oxygens (including phenoxy) is 1. The van der Waals surface area contributed by atoms with Crippen molar-refractivity contribution < 1.29 is 9.53 Å². The van der Waals surface area contributed by atoms with Gasteiger partial charge in [0.2, 0.25) is 0 Å². The molecule has 5 heteroatoms. The first-order chi connectivity index (χ1) is 6.35. The van der Waals surface area contributed by atoms with E-state index < -0.39 is 5.60 Å². The third-order valence-electron chi connectivity index (χ3n) is 1.50. The third kappa shape index (κ3) is 11.4. The van der Waals surface area contributed by atoms with Gasteiger partial charge in [0.1, 0.15) is 5.60 Å². The number of carbonyl (C=O) groups excluding carboxylic acids is 1. The van der Waals surface area contributed by atoms with Crippen LogP contribution in [0.1, 0.15) is 34.6 Å². The van der Waals surface area contributed by atoms with Crippen molar-refractivity contribution in [2.45, 2.75) is 46.3 Å². The Labute approximate surface area is 98.6 Å². The van der Waals surface area contributed by atoms with Crippen LogP contribution in [0.15, 0.2) is 0 Å². The first-order valence-electron chi connectivity index (χ1n) is 5.05. The number of halogens is 1. The molecule has 0 radical (unpaired) electrons. The minimum absolute atomic E-state index is 0. The van der Waals surface area contributed by atoms with Crippen LogP contribution in [0, 0.1) is 0 Å². The summed E-state index contributed by atoms with van der Waals surface area (Å²) in [5.41, 5.74) is -0.425. The molecule has 0 aromatic carbocycles. The Morgan fingerprint density at radius 3 is 2.33 bits per heavy atom. The second-order valence-corrected chi connectivity index (χ2v) is 4.34. The van der Waals surface area contributed by atoms with Gasteiger partial charge in [-0.05, 0) is 34.2 Å². The second-order valence-electron chi connectivity index (χ2n) is 4.34. The Hall–Kier alpha value is -0.480. The predicted octanol–water partition coefficient (Wildman–Crippen LogP) is 1.93. The molecule has 0 fully saturated rings. The van der Waals surface area contributed by atoms with Gasteiger partial charge in [0.15, 0.2) is 0 Å². The normalized spacial score (nSPS) is 12.6. The van der Waals surface area contributed by atoms with Gasteiger partial charge in [-0.15, -0.1) is 12.4 Å². The average Bonchev–Trinajstić information content (AvgIpc) is 1.98. The summed E-state index contributed by atoms with van der Waals surface area (Å²) >= 11 is 0. The highest BCUT2D eigenvalue weighted by molar-refractivity contribution is 5.85. The van der Waals surface area contributed by atoms with Gasteiger partial charge in [-0.2, -0.15) is 0 Å². The maximum absolute atomic E-state index is 11.2. The van der Waals surface area contributed by atoms with Crippen LogP contribution in [0.2, 0.25) is 0 Å². The highest BCUT2D eigenvalue weighted by atomic mass is 35.5. The lowest BCUT2D eigenvalue weighted by Gasteiger charge is -2.20. The Kier molecular flexibility index (Phi) is 8.77. The molecule has 2 N–H and O–H groups in total. The summed E-state index contributed by atoms with van der Waals surface area (Å²) in [6.45, 7) is 11.1. The molecule has 0 aliphatic rings. The van der Waals surface area contributed by atoms with Crippen LogP contribution in [-0.4, -0.2) is 30.8 Å². The molecule has 0 saturated carbocycles.